The molecular weight excluding hydrogens is 374 g/mol. The average Bonchev–Trinajstić information content (AvgIpc) is 2.68. The second-order valence-corrected chi connectivity index (χ2v) is 6.77. The standard InChI is InChI=1S/C19H15ClF2N4O/c20-14-3-4-15(21)13(17(14)22)9-26-7-5-12-16(10-26)24-18(25-19(12)27)11-2-1-6-23-8-11/h1-4,6,8H,5,7,9-10H2,(H,24,25,27). The Morgan fingerprint density at radius 2 is 2.11 bits per heavy atom. The summed E-state index contributed by atoms with van der Waals surface area (Å²) in [6, 6.07) is 5.91. The Hall–Kier alpha value is -2.64. The Bertz CT molecular complexity index is 1060. The average molecular weight is 389 g/mol. The summed E-state index contributed by atoms with van der Waals surface area (Å²) in [6.45, 7) is 0.863. The molecule has 1 N–H and O–H groups in total. The van der Waals surface area contributed by atoms with Gasteiger partial charge in [0.1, 0.15) is 17.5 Å². The molecular formula is C19H15ClF2N4O. The van der Waals surface area contributed by atoms with Gasteiger partial charge in [-0.2, -0.15) is 0 Å². The van der Waals surface area contributed by atoms with Gasteiger partial charge in [-0.25, -0.2) is 13.8 Å². The van der Waals surface area contributed by atoms with Crippen LogP contribution in [0.3, 0.4) is 0 Å². The first kappa shape index (κ1) is 17.8. The Morgan fingerprint density at radius 1 is 1.26 bits per heavy atom. The van der Waals surface area contributed by atoms with E-state index in [1.807, 2.05) is 4.90 Å². The smallest absolute Gasteiger partial charge is 0.254 e. The number of nitrogens with zero attached hydrogens (tertiary/aromatic N) is 3. The van der Waals surface area contributed by atoms with Crippen molar-refractivity contribution >= 4 is 11.6 Å². The van der Waals surface area contributed by atoms with Crippen LogP contribution in [0.25, 0.3) is 11.4 Å². The lowest BCUT2D eigenvalue weighted by Gasteiger charge is -2.28. The van der Waals surface area contributed by atoms with E-state index in [1.54, 1.807) is 24.5 Å². The molecule has 1 aliphatic heterocycles. The van der Waals surface area contributed by atoms with Crippen molar-refractivity contribution in [2.24, 2.45) is 0 Å². The fraction of sp³-hybridized carbons (Fsp3) is 0.211. The zero-order valence-electron chi connectivity index (χ0n) is 14.2. The molecule has 3 heterocycles. The van der Waals surface area contributed by atoms with Crippen LogP contribution in [-0.2, 0) is 19.5 Å². The van der Waals surface area contributed by atoms with E-state index in [4.69, 9.17) is 11.6 Å². The maximum atomic E-state index is 14.2. The number of aromatic amines is 1. The minimum absolute atomic E-state index is 0.0500. The molecule has 0 aliphatic carbocycles. The number of aromatic nitrogens is 3. The molecule has 0 bridgehead atoms. The van der Waals surface area contributed by atoms with E-state index in [-0.39, 0.29) is 22.7 Å². The van der Waals surface area contributed by atoms with E-state index >= 15 is 0 Å². The Morgan fingerprint density at radius 3 is 2.89 bits per heavy atom. The molecule has 0 atom stereocenters. The SMILES string of the molecule is O=c1[nH]c(-c2cccnc2)nc2c1CCN(Cc1c(F)ccc(Cl)c1F)C2. The molecule has 1 aliphatic rings. The minimum Gasteiger partial charge on any atom is -0.306 e. The van der Waals surface area contributed by atoms with Gasteiger partial charge in [-0.1, -0.05) is 11.6 Å². The van der Waals surface area contributed by atoms with Gasteiger partial charge in [0.2, 0.25) is 0 Å². The van der Waals surface area contributed by atoms with Crippen LogP contribution < -0.4 is 5.56 Å². The van der Waals surface area contributed by atoms with Crippen molar-refractivity contribution in [2.45, 2.75) is 19.5 Å². The Balaban J connectivity index is 1.64. The van der Waals surface area contributed by atoms with E-state index in [0.29, 0.717) is 42.2 Å². The zero-order chi connectivity index (χ0) is 19.0. The van der Waals surface area contributed by atoms with Crippen molar-refractivity contribution in [3.63, 3.8) is 0 Å². The molecule has 138 valence electrons. The summed E-state index contributed by atoms with van der Waals surface area (Å²) in [5, 5.41) is -0.114. The van der Waals surface area contributed by atoms with Crippen LogP contribution in [0, 0.1) is 11.6 Å². The largest absolute Gasteiger partial charge is 0.306 e. The number of H-pyrrole nitrogens is 1. The number of pyridine rings is 1. The maximum absolute atomic E-state index is 14.2. The fourth-order valence-electron chi connectivity index (χ4n) is 3.21. The van der Waals surface area contributed by atoms with Gasteiger partial charge in [0.15, 0.2) is 0 Å². The summed E-state index contributed by atoms with van der Waals surface area (Å²) >= 11 is 5.77. The Labute approximate surface area is 158 Å². The van der Waals surface area contributed by atoms with E-state index < -0.39 is 11.6 Å². The maximum Gasteiger partial charge on any atom is 0.254 e. The number of rotatable bonds is 3. The molecule has 0 amide bonds. The van der Waals surface area contributed by atoms with Gasteiger partial charge >= 0.3 is 0 Å². The number of hydrogen-bond acceptors (Lipinski definition) is 4. The first-order valence-electron chi connectivity index (χ1n) is 8.40. The second kappa shape index (κ2) is 7.17. The predicted octanol–water partition coefficient (Wildman–Crippen LogP) is 3.32. The highest BCUT2D eigenvalue weighted by molar-refractivity contribution is 6.30. The monoisotopic (exact) mass is 388 g/mol. The van der Waals surface area contributed by atoms with Crippen molar-refractivity contribution in [1.82, 2.24) is 19.9 Å². The Kier molecular flexibility index (Phi) is 4.72. The van der Waals surface area contributed by atoms with Crippen LogP contribution >= 0.6 is 11.6 Å². The first-order chi connectivity index (χ1) is 13.0. The summed E-state index contributed by atoms with van der Waals surface area (Å²) in [5.41, 5.74) is 1.63. The molecule has 0 saturated heterocycles. The lowest BCUT2D eigenvalue weighted by Crippen LogP contribution is -2.35. The van der Waals surface area contributed by atoms with Crippen LogP contribution in [-0.4, -0.2) is 26.4 Å². The van der Waals surface area contributed by atoms with E-state index in [1.165, 1.54) is 6.07 Å². The third-order valence-corrected chi connectivity index (χ3v) is 4.90. The highest BCUT2D eigenvalue weighted by atomic mass is 35.5. The van der Waals surface area contributed by atoms with E-state index in [2.05, 4.69) is 15.0 Å². The number of benzene rings is 1. The van der Waals surface area contributed by atoms with Gasteiger partial charge in [-0.15, -0.1) is 0 Å². The molecule has 1 aromatic carbocycles. The van der Waals surface area contributed by atoms with Crippen LogP contribution in [0.5, 0.6) is 0 Å². The summed E-state index contributed by atoms with van der Waals surface area (Å²) in [7, 11) is 0. The number of halogens is 3. The van der Waals surface area contributed by atoms with Crippen LogP contribution in [0.1, 0.15) is 16.8 Å². The molecule has 8 heteroatoms. The molecule has 4 rings (SSSR count). The molecule has 0 fully saturated rings. The van der Waals surface area contributed by atoms with Crippen LogP contribution in [0.15, 0.2) is 41.5 Å². The highest BCUT2D eigenvalue weighted by Gasteiger charge is 2.24. The predicted molar refractivity (Wildman–Crippen MR) is 97.3 cm³/mol. The summed E-state index contributed by atoms with van der Waals surface area (Å²) in [6.07, 6.45) is 3.70. The number of nitrogens with one attached hydrogen (secondary N) is 1. The van der Waals surface area contributed by atoms with Crippen molar-refractivity contribution in [2.75, 3.05) is 6.54 Å². The molecule has 27 heavy (non-hydrogen) atoms. The van der Waals surface area contributed by atoms with Crippen molar-refractivity contribution < 1.29 is 8.78 Å². The summed E-state index contributed by atoms with van der Waals surface area (Å²) in [4.78, 5) is 25.6. The van der Waals surface area contributed by atoms with Crippen molar-refractivity contribution in [3.8, 4) is 11.4 Å². The molecule has 0 unspecified atom stereocenters. The molecule has 0 saturated carbocycles. The topological polar surface area (TPSA) is 61.9 Å². The van der Waals surface area contributed by atoms with E-state index in [9.17, 15) is 13.6 Å². The fourth-order valence-corrected chi connectivity index (χ4v) is 3.38. The molecule has 0 radical (unpaired) electrons. The lowest BCUT2D eigenvalue weighted by molar-refractivity contribution is 0.233. The van der Waals surface area contributed by atoms with Gasteiger partial charge in [0.25, 0.3) is 5.56 Å². The first-order valence-corrected chi connectivity index (χ1v) is 8.78. The van der Waals surface area contributed by atoms with Gasteiger partial charge < -0.3 is 4.98 Å². The summed E-state index contributed by atoms with van der Waals surface area (Å²) in [5.74, 6) is -0.969. The number of hydrogen-bond donors (Lipinski definition) is 1. The van der Waals surface area contributed by atoms with Gasteiger partial charge in [-0.05, 0) is 30.7 Å². The lowest BCUT2D eigenvalue weighted by atomic mass is 10.0. The van der Waals surface area contributed by atoms with Crippen LogP contribution in [0.2, 0.25) is 5.02 Å². The molecule has 2 aromatic heterocycles. The van der Waals surface area contributed by atoms with Gasteiger partial charge in [0, 0.05) is 48.7 Å². The zero-order valence-corrected chi connectivity index (χ0v) is 14.9. The number of fused-ring (bicyclic) bond motifs is 1. The normalized spacial score (nSPS) is 14.2. The molecule has 0 spiro atoms. The second-order valence-electron chi connectivity index (χ2n) is 6.36. The van der Waals surface area contributed by atoms with Gasteiger partial charge in [-0.3, -0.25) is 14.7 Å². The van der Waals surface area contributed by atoms with Gasteiger partial charge in [0.05, 0.1) is 10.7 Å². The highest BCUT2D eigenvalue weighted by Crippen LogP contribution is 2.25. The van der Waals surface area contributed by atoms with Crippen molar-refractivity contribution in [3.05, 3.63) is 80.5 Å². The van der Waals surface area contributed by atoms with Crippen molar-refractivity contribution in [1.29, 1.82) is 0 Å². The third-order valence-electron chi connectivity index (χ3n) is 4.61. The third kappa shape index (κ3) is 3.48. The minimum atomic E-state index is -0.752. The molecule has 3 aromatic rings. The quantitative estimate of drug-likeness (QED) is 0.699. The van der Waals surface area contributed by atoms with Crippen LogP contribution in [0.4, 0.5) is 8.78 Å². The summed E-state index contributed by atoms with van der Waals surface area (Å²) < 4.78 is 28.2. The molecule has 5 nitrogen and oxygen atoms in total. The van der Waals surface area contributed by atoms with E-state index in [0.717, 1.165) is 6.07 Å².